The molecule has 0 bridgehead atoms. The van der Waals surface area contributed by atoms with E-state index in [9.17, 15) is 14.4 Å². The van der Waals surface area contributed by atoms with Gasteiger partial charge < -0.3 is 19.7 Å². The van der Waals surface area contributed by atoms with Gasteiger partial charge in [-0.1, -0.05) is 48.0 Å². The van der Waals surface area contributed by atoms with Crippen LogP contribution in [0.5, 0.6) is 0 Å². The first-order chi connectivity index (χ1) is 13.9. The standard InChI is InChI=1S/C23H45N3O4/c1-11-12-17(6)21(18(30-10)13-14-27)26(9)23(29)19(15(2)3)24-22(28)20(16(4)5)25(7)8/h14-21H,11-13H2,1-10H3,(H,24,28)/t17?,18?,19?,20?,21-/m0/s1. The highest BCUT2D eigenvalue weighted by molar-refractivity contribution is 5.90. The maximum Gasteiger partial charge on any atom is 0.245 e. The summed E-state index contributed by atoms with van der Waals surface area (Å²) in [5.74, 6) is -0.107. The van der Waals surface area contributed by atoms with Crippen molar-refractivity contribution in [2.75, 3.05) is 28.3 Å². The number of nitrogens with one attached hydrogen (secondary N) is 1. The van der Waals surface area contributed by atoms with Crippen LogP contribution in [0.4, 0.5) is 0 Å². The third-order valence-electron chi connectivity index (χ3n) is 5.82. The minimum absolute atomic E-state index is 0.0759. The van der Waals surface area contributed by atoms with Crippen molar-refractivity contribution in [2.24, 2.45) is 17.8 Å². The third-order valence-corrected chi connectivity index (χ3v) is 5.82. The molecule has 2 amide bonds. The average Bonchev–Trinajstić information content (AvgIpc) is 2.64. The van der Waals surface area contributed by atoms with Crippen molar-refractivity contribution < 1.29 is 19.1 Å². The molecule has 4 unspecified atom stereocenters. The van der Waals surface area contributed by atoms with E-state index < -0.39 is 6.04 Å². The molecule has 0 heterocycles. The largest absolute Gasteiger partial charge is 0.379 e. The second-order valence-electron chi connectivity index (χ2n) is 9.26. The lowest BCUT2D eigenvalue weighted by molar-refractivity contribution is -0.144. The highest BCUT2D eigenvalue weighted by Crippen LogP contribution is 2.24. The highest BCUT2D eigenvalue weighted by atomic mass is 16.5. The lowest BCUT2D eigenvalue weighted by atomic mass is 9.89. The molecule has 0 spiro atoms. The molecule has 0 saturated carbocycles. The number of carbonyl (C=O) groups is 3. The van der Waals surface area contributed by atoms with Crippen LogP contribution in [0.2, 0.25) is 0 Å². The lowest BCUT2D eigenvalue weighted by Gasteiger charge is -2.40. The van der Waals surface area contributed by atoms with Gasteiger partial charge in [-0.15, -0.1) is 0 Å². The van der Waals surface area contributed by atoms with E-state index in [0.29, 0.717) is 0 Å². The first kappa shape index (κ1) is 28.5. The Kier molecular flexibility index (Phi) is 13.1. The molecule has 7 nitrogen and oxygen atoms in total. The first-order valence-electron chi connectivity index (χ1n) is 11.1. The fourth-order valence-corrected chi connectivity index (χ4v) is 4.35. The molecule has 0 aromatic heterocycles. The molecule has 0 aliphatic heterocycles. The highest BCUT2D eigenvalue weighted by Gasteiger charge is 2.37. The Morgan fingerprint density at radius 2 is 1.60 bits per heavy atom. The Bertz CT molecular complexity index is 529. The third kappa shape index (κ3) is 7.99. The zero-order valence-electron chi connectivity index (χ0n) is 20.8. The van der Waals surface area contributed by atoms with E-state index >= 15 is 0 Å². The molecular weight excluding hydrogens is 382 g/mol. The summed E-state index contributed by atoms with van der Waals surface area (Å²) in [4.78, 5) is 41.2. The van der Waals surface area contributed by atoms with Gasteiger partial charge in [-0.2, -0.15) is 0 Å². The predicted octanol–water partition coefficient (Wildman–Crippen LogP) is 2.58. The maximum absolute atomic E-state index is 13.5. The Hall–Kier alpha value is -1.47. The zero-order valence-corrected chi connectivity index (χ0v) is 20.8. The van der Waals surface area contributed by atoms with Crippen LogP contribution < -0.4 is 5.32 Å². The van der Waals surface area contributed by atoms with Crippen molar-refractivity contribution in [1.82, 2.24) is 15.1 Å². The van der Waals surface area contributed by atoms with E-state index in [2.05, 4.69) is 19.2 Å². The van der Waals surface area contributed by atoms with Crippen molar-refractivity contribution in [1.29, 1.82) is 0 Å². The van der Waals surface area contributed by atoms with Crippen LogP contribution in [-0.2, 0) is 19.1 Å². The van der Waals surface area contributed by atoms with Gasteiger partial charge in [0.25, 0.3) is 0 Å². The van der Waals surface area contributed by atoms with Crippen molar-refractivity contribution in [3.05, 3.63) is 0 Å². The van der Waals surface area contributed by atoms with Gasteiger partial charge >= 0.3 is 0 Å². The maximum atomic E-state index is 13.5. The molecule has 0 aliphatic rings. The summed E-state index contributed by atoms with van der Waals surface area (Å²) in [7, 11) is 7.06. The normalized spacial score (nSPS) is 16.8. The number of hydrogen-bond donors (Lipinski definition) is 1. The van der Waals surface area contributed by atoms with Gasteiger partial charge in [0.2, 0.25) is 11.8 Å². The summed E-state index contributed by atoms with van der Waals surface area (Å²) in [5.41, 5.74) is 0. The summed E-state index contributed by atoms with van der Waals surface area (Å²) in [6.07, 6.45) is 2.56. The van der Waals surface area contributed by atoms with Crippen molar-refractivity contribution in [3.8, 4) is 0 Å². The van der Waals surface area contributed by atoms with Gasteiger partial charge in [0, 0.05) is 20.6 Å². The Balaban J connectivity index is 5.79. The topological polar surface area (TPSA) is 79.0 Å². The molecule has 0 saturated heterocycles. The van der Waals surface area contributed by atoms with Gasteiger partial charge in [-0.05, 0) is 38.3 Å². The Morgan fingerprint density at radius 1 is 1.03 bits per heavy atom. The van der Waals surface area contributed by atoms with Crippen LogP contribution in [0.15, 0.2) is 0 Å². The molecule has 0 radical (unpaired) electrons. The van der Waals surface area contributed by atoms with Crippen LogP contribution in [-0.4, -0.2) is 80.4 Å². The minimum atomic E-state index is -0.645. The van der Waals surface area contributed by atoms with E-state index in [4.69, 9.17) is 4.74 Å². The number of amides is 2. The molecule has 0 aromatic carbocycles. The zero-order chi connectivity index (χ0) is 23.6. The smallest absolute Gasteiger partial charge is 0.245 e. The monoisotopic (exact) mass is 427 g/mol. The number of ether oxygens (including phenoxy) is 1. The minimum Gasteiger partial charge on any atom is -0.379 e. The van der Waals surface area contributed by atoms with Crippen molar-refractivity contribution in [2.45, 2.75) is 85.0 Å². The van der Waals surface area contributed by atoms with Crippen LogP contribution in [0.25, 0.3) is 0 Å². The summed E-state index contributed by atoms with van der Waals surface area (Å²) in [6, 6.07) is -1.21. The van der Waals surface area contributed by atoms with E-state index in [-0.39, 0.29) is 54.2 Å². The van der Waals surface area contributed by atoms with Crippen molar-refractivity contribution in [3.63, 3.8) is 0 Å². The number of methoxy groups -OCH3 is 1. The second-order valence-corrected chi connectivity index (χ2v) is 9.26. The fourth-order valence-electron chi connectivity index (χ4n) is 4.35. The number of hydrogen-bond acceptors (Lipinski definition) is 5. The average molecular weight is 428 g/mol. The van der Waals surface area contributed by atoms with E-state index in [1.165, 1.54) is 0 Å². The number of carbonyl (C=O) groups excluding carboxylic acids is 3. The Morgan fingerprint density at radius 3 is 1.97 bits per heavy atom. The van der Waals surface area contributed by atoms with Gasteiger partial charge in [-0.3, -0.25) is 14.5 Å². The van der Waals surface area contributed by atoms with Crippen LogP contribution >= 0.6 is 0 Å². The van der Waals surface area contributed by atoms with E-state index in [0.717, 1.165) is 19.1 Å². The molecule has 1 N–H and O–H groups in total. The van der Waals surface area contributed by atoms with Crippen LogP contribution in [0.1, 0.15) is 60.8 Å². The molecule has 0 fully saturated rings. The predicted molar refractivity (Wildman–Crippen MR) is 121 cm³/mol. The molecule has 5 atom stereocenters. The van der Waals surface area contributed by atoms with Crippen LogP contribution in [0, 0.1) is 17.8 Å². The quantitative estimate of drug-likeness (QED) is 0.431. The molecule has 0 aromatic rings. The molecule has 7 heteroatoms. The van der Waals surface area contributed by atoms with Gasteiger partial charge in [0.15, 0.2) is 0 Å². The summed E-state index contributed by atoms with van der Waals surface area (Å²) < 4.78 is 5.59. The van der Waals surface area contributed by atoms with E-state index in [1.54, 1.807) is 19.1 Å². The molecule has 30 heavy (non-hydrogen) atoms. The van der Waals surface area contributed by atoms with E-state index in [1.807, 2.05) is 46.7 Å². The molecule has 0 aliphatic carbocycles. The molecule has 176 valence electrons. The first-order valence-corrected chi connectivity index (χ1v) is 11.1. The second kappa shape index (κ2) is 13.8. The van der Waals surface area contributed by atoms with Gasteiger partial charge in [0.05, 0.1) is 18.2 Å². The summed E-state index contributed by atoms with van der Waals surface area (Å²) >= 11 is 0. The number of nitrogens with zero attached hydrogens (tertiary/aromatic N) is 2. The number of rotatable bonds is 14. The van der Waals surface area contributed by atoms with Crippen molar-refractivity contribution >= 4 is 18.1 Å². The SMILES string of the molecule is CCCC(C)[C@@H](C(CC=O)OC)N(C)C(=O)C(NC(=O)C(C(C)C)N(C)C)C(C)C. The fraction of sp³-hybridized carbons (Fsp3) is 0.870. The number of aldehydes is 1. The molecular formula is C23H45N3O4. The summed E-state index contributed by atoms with van der Waals surface area (Å²) in [6.45, 7) is 12.0. The Labute approximate surface area is 183 Å². The number of likely N-dealkylation sites (N-methyl/N-ethyl adjacent to an activating group) is 2. The van der Waals surface area contributed by atoms with Gasteiger partial charge in [0.1, 0.15) is 12.3 Å². The van der Waals surface area contributed by atoms with Crippen LogP contribution in [0.3, 0.4) is 0 Å². The molecule has 0 rings (SSSR count). The summed E-state index contributed by atoms with van der Waals surface area (Å²) in [5, 5.41) is 2.99. The van der Waals surface area contributed by atoms with Gasteiger partial charge in [-0.25, -0.2) is 0 Å². The lowest BCUT2D eigenvalue weighted by Crippen LogP contribution is -2.59.